The van der Waals surface area contributed by atoms with Crippen LogP contribution in [-0.4, -0.2) is 177 Å². The SMILES string of the molecule is COc1ccc(CC[C@H]2OC(=O)[C@@H]3CCCCN3C(=O)C(=O)C(C)(C)COC(=O)C=CCCN(C)C(=O)[C@@H]3CCCN3C(=O)[C@H](Cc3ccccc3)N(C)C(=O)[C@@H](C)NC(=O)CN(C)C(=O)COc3cccc2c3)cc1OC. The Kier molecular flexibility index (Phi) is 21.0. The molecule has 0 saturated carbocycles. The van der Waals surface area contributed by atoms with Crippen molar-refractivity contribution in [2.75, 3.05) is 74.8 Å². The van der Waals surface area contributed by atoms with Crippen molar-refractivity contribution in [2.45, 2.75) is 109 Å². The molecular weight excluding hydrogens is 1000 g/mol. The number of fused-ring (bicyclic) bond motifs is 4. The molecule has 3 heterocycles. The number of methoxy groups -OCH3 is 2. The second-order valence-corrected chi connectivity index (χ2v) is 20.7. The molecule has 2 fully saturated rings. The van der Waals surface area contributed by atoms with E-state index >= 15 is 0 Å². The third kappa shape index (κ3) is 15.5. The number of nitrogens with one attached hydrogen (secondary N) is 1. The number of likely N-dealkylation sites (N-methyl/N-ethyl adjacent to an activating group) is 3. The van der Waals surface area contributed by atoms with Crippen molar-refractivity contribution in [2.24, 2.45) is 5.41 Å². The van der Waals surface area contributed by atoms with Gasteiger partial charge in [-0.1, -0.05) is 54.6 Å². The Labute approximate surface area is 456 Å². The van der Waals surface area contributed by atoms with Crippen molar-refractivity contribution in [3.8, 4) is 17.2 Å². The first-order chi connectivity index (χ1) is 37.2. The minimum Gasteiger partial charge on any atom is -0.493 e. The van der Waals surface area contributed by atoms with E-state index in [2.05, 4.69) is 5.32 Å². The number of ether oxygens (including phenoxy) is 5. The maximum absolute atomic E-state index is 14.6. The molecule has 6 amide bonds. The summed E-state index contributed by atoms with van der Waals surface area (Å²) in [4.78, 5) is 132. The van der Waals surface area contributed by atoms with E-state index in [1.54, 1.807) is 37.4 Å². The van der Waals surface area contributed by atoms with Gasteiger partial charge in [-0.25, -0.2) is 9.59 Å². The number of hydrogen-bond acceptors (Lipinski definition) is 14. The molecule has 0 unspecified atom stereocenters. The summed E-state index contributed by atoms with van der Waals surface area (Å²) in [5.74, 6) is -4.50. The fourth-order valence-corrected chi connectivity index (χ4v) is 9.74. The van der Waals surface area contributed by atoms with Crippen LogP contribution in [0.4, 0.5) is 0 Å². The minimum atomic E-state index is -1.48. The van der Waals surface area contributed by atoms with Gasteiger partial charge in [0.25, 0.3) is 11.8 Å². The first kappa shape index (κ1) is 59.5. The van der Waals surface area contributed by atoms with Crippen LogP contribution in [0.3, 0.4) is 0 Å². The monoisotopic (exact) mass is 1080 g/mol. The Bertz CT molecular complexity index is 2690. The maximum Gasteiger partial charge on any atom is 0.330 e. The first-order valence-corrected chi connectivity index (χ1v) is 26.4. The Balaban J connectivity index is 1.26. The Morgan fingerprint density at radius 1 is 0.705 bits per heavy atom. The summed E-state index contributed by atoms with van der Waals surface area (Å²) in [7, 11) is 7.55. The highest BCUT2D eigenvalue weighted by atomic mass is 16.5. The van der Waals surface area contributed by atoms with Crippen molar-refractivity contribution < 1.29 is 66.8 Å². The van der Waals surface area contributed by atoms with Crippen molar-refractivity contribution in [3.05, 3.63) is 102 Å². The van der Waals surface area contributed by atoms with Crippen LogP contribution in [0.2, 0.25) is 0 Å². The summed E-state index contributed by atoms with van der Waals surface area (Å²) in [6.45, 7) is 3.67. The number of carbonyl (C=O) groups is 9. The zero-order valence-corrected chi connectivity index (χ0v) is 46.0. The topological polar surface area (TPSA) is 228 Å². The van der Waals surface area contributed by atoms with Crippen LogP contribution in [0.5, 0.6) is 17.2 Å². The average Bonchev–Trinajstić information content (AvgIpc) is 3.95. The van der Waals surface area contributed by atoms with E-state index in [9.17, 15) is 43.2 Å². The molecule has 78 heavy (non-hydrogen) atoms. The smallest absolute Gasteiger partial charge is 0.330 e. The van der Waals surface area contributed by atoms with E-state index in [1.165, 1.54) is 80.8 Å². The van der Waals surface area contributed by atoms with Gasteiger partial charge >= 0.3 is 11.9 Å². The van der Waals surface area contributed by atoms with E-state index in [0.29, 0.717) is 49.2 Å². The molecule has 20 heteroatoms. The van der Waals surface area contributed by atoms with Crippen molar-refractivity contribution >= 4 is 53.2 Å². The van der Waals surface area contributed by atoms with Crippen LogP contribution < -0.4 is 19.5 Å². The average molecular weight is 1080 g/mol. The fraction of sp³-hybridized carbons (Fsp3) is 0.500. The van der Waals surface area contributed by atoms with Crippen LogP contribution in [-0.2, 0) is 65.5 Å². The van der Waals surface area contributed by atoms with Gasteiger partial charge in [0, 0.05) is 53.3 Å². The lowest BCUT2D eigenvalue weighted by atomic mass is 9.87. The highest BCUT2D eigenvalue weighted by Crippen LogP contribution is 2.33. The normalized spacial score (nSPS) is 23.4. The Morgan fingerprint density at radius 2 is 1.42 bits per heavy atom. The Hall–Kier alpha value is -7.77. The van der Waals surface area contributed by atoms with Crippen molar-refractivity contribution in [3.63, 3.8) is 0 Å². The summed E-state index contributed by atoms with van der Waals surface area (Å²) in [5.41, 5.74) is 0.646. The van der Waals surface area contributed by atoms with Crippen LogP contribution in [0.1, 0.15) is 88.5 Å². The number of Topliss-reactive ketones (excluding diaryl/α,β-unsaturated/α-hetero) is 1. The number of aryl methyl sites for hydroxylation is 1. The van der Waals surface area contributed by atoms with Crippen LogP contribution in [0, 0.1) is 5.41 Å². The van der Waals surface area contributed by atoms with Gasteiger partial charge in [-0.2, -0.15) is 0 Å². The molecule has 20 nitrogen and oxygen atoms in total. The summed E-state index contributed by atoms with van der Waals surface area (Å²) < 4.78 is 28.6. The van der Waals surface area contributed by atoms with Gasteiger partial charge in [-0.15, -0.1) is 0 Å². The molecule has 0 radical (unpaired) electrons. The molecule has 3 aliphatic rings. The number of ketones is 1. The minimum absolute atomic E-state index is 0.113. The highest BCUT2D eigenvalue weighted by Gasteiger charge is 2.44. The van der Waals surface area contributed by atoms with E-state index in [-0.39, 0.29) is 57.0 Å². The predicted octanol–water partition coefficient (Wildman–Crippen LogP) is 4.26. The lowest BCUT2D eigenvalue weighted by Gasteiger charge is -2.36. The van der Waals surface area contributed by atoms with Gasteiger partial charge in [0.1, 0.15) is 42.6 Å². The molecule has 3 aromatic rings. The van der Waals surface area contributed by atoms with Crippen LogP contribution in [0.15, 0.2) is 84.9 Å². The molecule has 2 bridgehead atoms. The zero-order valence-electron chi connectivity index (χ0n) is 46.0. The Morgan fingerprint density at radius 3 is 2.15 bits per heavy atom. The third-order valence-electron chi connectivity index (χ3n) is 14.4. The number of amides is 6. The molecule has 3 aromatic carbocycles. The van der Waals surface area contributed by atoms with Crippen LogP contribution >= 0.6 is 0 Å². The number of nitrogens with zero attached hydrogens (tertiary/aromatic N) is 5. The molecule has 0 aromatic heterocycles. The summed E-state index contributed by atoms with van der Waals surface area (Å²) in [5, 5.41) is 2.66. The molecule has 1 N–H and O–H groups in total. The quantitative estimate of drug-likeness (QED) is 0.258. The van der Waals surface area contributed by atoms with Gasteiger partial charge in [0.05, 0.1) is 26.2 Å². The molecular formula is C58H74N6O14. The molecule has 420 valence electrons. The lowest BCUT2D eigenvalue weighted by Crippen LogP contribution is -2.57. The van der Waals surface area contributed by atoms with E-state index in [4.69, 9.17) is 23.7 Å². The van der Waals surface area contributed by atoms with E-state index in [1.807, 2.05) is 42.5 Å². The number of rotatable bonds is 7. The largest absolute Gasteiger partial charge is 0.493 e. The summed E-state index contributed by atoms with van der Waals surface area (Å²) in [6.07, 6.45) is 5.10. The predicted molar refractivity (Wildman–Crippen MR) is 286 cm³/mol. The highest BCUT2D eigenvalue weighted by molar-refractivity contribution is 6.38. The molecule has 6 rings (SSSR count). The standard InChI is InChI=1S/C58H74N6O14/c1-38-53(69)62(6)45(32-39-18-10-9-11-19-39)55(71)63-31-17-23-43(63)54(70)60(4)29-14-13-24-51(67)77-37-58(2,3)52(68)56(72)64-30-15-12-22-44(64)57(73)78-46(27-25-40-26-28-47(74-7)48(33-40)75-8)41-20-16-21-42(34-41)76-36-50(66)61(5)35-49(65)59-38/h9-11,13,16,18-21,24,26,28,33-34,38,43-46H,12,14-15,17,22-23,25,27,29-32,35-37H2,1-8H3,(H,59,65)/t38-,43+,44+,45+,46-/m1/s1. The van der Waals surface area contributed by atoms with Gasteiger partial charge in [-0.3, -0.25) is 33.6 Å². The zero-order chi connectivity index (χ0) is 56.7. The first-order valence-electron chi connectivity index (χ1n) is 26.4. The second-order valence-electron chi connectivity index (χ2n) is 20.7. The third-order valence-corrected chi connectivity index (χ3v) is 14.4. The van der Waals surface area contributed by atoms with Crippen molar-refractivity contribution in [1.82, 2.24) is 29.8 Å². The number of cyclic esters (lactones) is 2. The lowest BCUT2D eigenvalue weighted by molar-refractivity contribution is -0.165. The van der Waals surface area contributed by atoms with Gasteiger partial charge in [0.2, 0.25) is 29.4 Å². The number of carbonyl (C=O) groups excluding carboxylic acids is 9. The molecule has 0 aliphatic carbocycles. The van der Waals surface area contributed by atoms with Gasteiger partial charge in [-0.05, 0) is 113 Å². The number of hydrogen-bond donors (Lipinski definition) is 1. The molecule has 2 saturated heterocycles. The number of esters is 2. The van der Waals surface area contributed by atoms with Gasteiger partial charge < -0.3 is 53.5 Å². The summed E-state index contributed by atoms with van der Waals surface area (Å²) in [6, 6.07) is 17.2. The second kappa shape index (κ2) is 27.5. The number of piperidine rings is 1. The number of benzene rings is 3. The van der Waals surface area contributed by atoms with E-state index < -0.39 is 103 Å². The van der Waals surface area contributed by atoms with E-state index in [0.717, 1.165) is 16.0 Å². The fourth-order valence-electron chi connectivity index (χ4n) is 9.74. The van der Waals surface area contributed by atoms with Gasteiger partial charge in [0.15, 0.2) is 18.1 Å². The summed E-state index contributed by atoms with van der Waals surface area (Å²) >= 11 is 0. The molecule has 0 spiro atoms. The maximum atomic E-state index is 14.6. The van der Waals surface area contributed by atoms with Crippen LogP contribution in [0.25, 0.3) is 0 Å². The molecule has 3 aliphatic heterocycles. The molecule has 5 atom stereocenters. The van der Waals surface area contributed by atoms with Crippen molar-refractivity contribution in [1.29, 1.82) is 0 Å².